The normalized spacial score (nSPS) is 16.0. The summed E-state index contributed by atoms with van der Waals surface area (Å²) < 4.78 is 3.32. The Hall–Kier alpha value is -5.30. The lowest BCUT2D eigenvalue weighted by molar-refractivity contribution is -0.145. The van der Waals surface area contributed by atoms with Gasteiger partial charge in [0.1, 0.15) is 6.33 Å². The van der Waals surface area contributed by atoms with Gasteiger partial charge < -0.3 is 9.74 Å². The highest BCUT2D eigenvalue weighted by Crippen LogP contribution is 2.37. The van der Waals surface area contributed by atoms with E-state index in [1.807, 2.05) is 72.4 Å². The van der Waals surface area contributed by atoms with Crippen molar-refractivity contribution in [3.63, 3.8) is 0 Å². The molecule has 1 unspecified atom stereocenters. The number of amides is 1. The zero-order valence-corrected chi connectivity index (χ0v) is 25.7. The Labute approximate surface area is 267 Å². The van der Waals surface area contributed by atoms with E-state index in [0.29, 0.717) is 36.6 Å². The van der Waals surface area contributed by atoms with Crippen LogP contribution in [0.3, 0.4) is 0 Å². The smallest absolute Gasteiger partial charge is 0.334 e. The minimum absolute atomic E-state index is 0.0168. The fraction of sp³-hybridized carbons (Fsp3) is 0.333. The first-order chi connectivity index (χ1) is 22.6. The Balaban J connectivity index is 1.10. The molecule has 1 amide bonds. The second-order valence-corrected chi connectivity index (χ2v) is 12.2. The summed E-state index contributed by atoms with van der Waals surface area (Å²) in [5.41, 5.74) is 5.34. The van der Waals surface area contributed by atoms with Gasteiger partial charge in [-0.15, -0.1) is 0 Å². The maximum Gasteiger partial charge on any atom is 0.340 e. The van der Waals surface area contributed by atoms with Gasteiger partial charge in [0.05, 0.1) is 42.9 Å². The number of benzene rings is 2. The first-order valence-electron chi connectivity index (χ1n) is 16.0. The number of carbonyl (C=O) groups is 2. The predicted molar refractivity (Wildman–Crippen MR) is 173 cm³/mol. The molecule has 0 spiro atoms. The van der Waals surface area contributed by atoms with E-state index in [1.165, 1.54) is 23.9 Å². The third-order valence-electron chi connectivity index (χ3n) is 9.39. The van der Waals surface area contributed by atoms with Crippen molar-refractivity contribution < 1.29 is 14.4 Å². The Kier molecular flexibility index (Phi) is 8.06. The predicted octanol–water partition coefficient (Wildman–Crippen LogP) is 6.64. The Morgan fingerprint density at radius 3 is 2.65 bits per heavy atom. The minimum Gasteiger partial charge on any atom is -0.334 e. The van der Waals surface area contributed by atoms with Crippen LogP contribution < -0.4 is 9.74 Å². The minimum atomic E-state index is -0.491. The van der Waals surface area contributed by atoms with Crippen molar-refractivity contribution in [2.45, 2.75) is 70.4 Å². The van der Waals surface area contributed by atoms with Crippen LogP contribution in [0.1, 0.15) is 85.3 Å². The van der Waals surface area contributed by atoms with Crippen LogP contribution in [0.15, 0.2) is 79.5 Å². The average molecular weight is 614 g/mol. The van der Waals surface area contributed by atoms with Crippen molar-refractivity contribution in [3.05, 3.63) is 96.2 Å². The SMILES string of the molecule is CCCC(C(=O)On1ccc2c(-c3cnn([C@H](CC#N)C4CCCC4)c3)ncnc21)c1ccc(N2Cc3ccccc3C2=O)cc1. The lowest BCUT2D eigenvalue weighted by atomic mass is 9.94. The van der Waals surface area contributed by atoms with Crippen LogP contribution in [0.2, 0.25) is 0 Å². The van der Waals surface area contributed by atoms with Gasteiger partial charge in [0, 0.05) is 34.6 Å². The molecular weight excluding hydrogens is 578 g/mol. The molecule has 4 heterocycles. The quantitative estimate of drug-likeness (QED) is 0.173. The first-order valence-corrected chi connectivity index (χ1v) is 16.0. The van der Waals surface area contributed by atoms with Crippen LogP contribution in [-0.2, 0) is 11.3 Å². The molecule has 0 bridgehead atoms. The third kappa shape index (κ3) is 5.42. The largest absolute Gasteiger partial charge is 0.340 e. The van der Waals surface area contributed by atoms with E-state index >= 15 is 0 Å². The number of carbonyl (C=O) groups excluding carboxylic acids is 2. The molecule has 2 atom stereocenters. The number of hydrogen-bond acceptors (Lipinski definition) is 7. The summed E-state index contributed by atoms with van der Waals surface area (Å²) in [6.45, 7) is 2.56. The van der Waals surface area contributed by atoms with Crippen molar-refractivity contribution >= 4 is 28.6 Å². The first kappa shape index (κ1) is 29.4. The number of aromatic nitrogens is 5. The zero-order valence-electron chi connectivity index (χ0n) is 25.7. The molecule has 10 nitrogen and oxygen atoms in total. The standard InChI is InChI=1S/C36H35N7O3/c1-2-7-30(24-12-14-28(15-13-24)41-21-26-10-5-6-11-29(26)35(41)44)36(45)46-43-19-17-31-33(38-23-39-34(31)43)27-20-40-42(22-27)32(16-18-37)25-8-3-4-9-25/h5-6,10-15,17,19-20,22-23,25,30,32H,2-4,7-9,16,21H2,1H3/t30?,32-/m1/s1. The van der Waals surface area contributed by atoms with Gasteiger partial charge in [-0.05, 0) is 60.6 Å². The molecule has 10 heteroatoms. The molecule has 0 N–H and O–H groups in total. The molecule has 5 aromatic rings. The van der Waals surface area contributed by atoms with Gasteiger partial charge in [-0.2, -0.15) is 15.1 Å². The molecule has 1 saturated carbocycles. The van der Waals surface area contributed by atoms with Gasteiger partial charge in [0.25, 0.3) is 5.91 Å². The van der Waals surface area contributed by atoms with E-state index < -0.39 is 5.92 Å². The number of rotatable bonds is 10. The summed E-state index contributed by atoms with van der Waals surface area (Å²) in [6.07, 6.45) is 13.3. The second kappa shape index (κ2) is 12.6. The molecule has 46 heavy (non-hydrogen) atoms. The van der Waals surface area contributed by atoms with E-state index in [0.717, 1.165) is 52.6 Å². The highest BCUT2D eigenvalue weighted by Gasteiger charge is 2.30. The summed E-state index contributed by atoms with van der Waals surface area (Å²) in [4.78, 5) is 43.2. The molecule has 7 rings (SSSR count). The molecule has 0 radical (unpaired) electrons. The number of nitrogens with zero attached hydrogens (tertiary/aromatic N) is 7. The van der Waals surface area contributed by atoms with Crippen molar-refractivity contribution in [1.29, 1.82) is 5.26 Å². The molecule has 2 aromatic carbocycles. The fourth-order valence-electron chi connectivity index (χ4n) is 7.00. The van der Waals surface area contributed by atoms with Crippen LogP contribution in [0.5, 0.6) is 0 Å². The maximum atomic E-state index is 13.6. The lowest BCUT2D eigenvalue weighted by Gasteiger charge is -2.21. The number of nitriles is 1. The summed E-state index contributed by atoms with van der Waals surface area (Å²) in [6, 6.07) is 19.5. The molecule has 3 aromatic heterocycles. The summed E-state index contributed by atoms with van der Waals surface area (Å²) in [5, 5.41) is 14.8. The fourth-order valence-corrected chi connectivity index (χ4v) is 7.00. The lowest BCUT2D eigenvalue weighted by Crippen LogP contribution is -2.26. The number of fused-ring (bicyclic) bond motifs is 2. The monoisotopic (exact) mass is 613 g/mol. The Morgan fingerprint density at radius 1 is 1.09 bits per heavy atom. The Bertz CT molecular complexity index is 1930. The van der Waals surface area contributed by atoms with Gasteiger partial charge in [0.2, 0.25) is 0 Å². The van der Waals surface area contributed by atoms with Crippen molar-refractivity contribution in [3.8, 4) is 17.3 Å². The third-order valence-corrected chi connectivity index (χ3v) is 9.39. The van der Waals surface area contributed by atoms with Crippen molar-refractivity contribution in [2.75, 3.05) is 4.90 Å². The number of anilines is 1. The molecular formula is C36H35N7O3. The van der Waals surface area contributed by atoms with Gasteiger partial charge in [0.15, 0.2) is 5.65 Å². The van der Waals surface area contributed by atoms with E-state index in [1.54, 1.807) is 17.3 Å². The number of hydrogen-bond donors (Lipinski definition) is 0. The molecule has 232 valence electrons. The topological polar surface area (TPSA) is 119 Å². The second-order valence-electron chi connectivity index (χ2n) is 12.2. The molecule has 1 aliphatic carbocycles. The Morgan fingerprint density at radius 2 is 1.89 bits per heavy atom. The van der Waals surface area contributed by atoms with Crippen LogP contribution >= 0.6 is 0 Å². The van der Waals surface area contributed by atoms with Gasteiger partial charge in [-0.25, -0.2) is 14.8 Å². The van der Waals surface area contributed by atoms with Crippen molar-refractivity contribution in [1.82, 2.24) is 24.5 Å². The van der Waals surface area contributed by atoms with Gasteiger partial charge in [-0.1, -0.05) is 56.5 Å². The molecule has 2 aliphatic rings. The van der Waals surface area contributed by atoms with Gasteiger partial charge in [-0.3, -0.25) is 9.48 Å². The van der Waals surface area contributed by atoms with E-state index in [2.05, 4.69) is 21.1 Å². The maximum absolute atomic E-state index is 13.6. The van der Waals surface area contributed by atoms with E-state index in [9.17, 15) is 14.9 Å². The van der Waals surface area contributed by atoms with Crippen molar-refractivity contribution in [2.24, 2.45) is 5.92 Å². The van der Waals surface area contributed by atoms with E-state index in [4.69, 9.17) is 4.84 Å². The van der Waals surface area contributed by atoms with Crippen LogP contribution in [0, 0.1) is 17.2 Å². The van der Waals surface area contributed by atoms with E-state index in [-0.39, 0.29) is 17.9 Å². The van der Waals surface area contributed by atoms with Crippen LogP contribution in [0.25, 0.3) is 22.3 Å². The summed E-state index contributed by atoms with van der Waals surface area (Å²) in [7, 11) is 0. The zero-order chi connectivity index (χ0) is 31.6. The summed E-state index contributed by atoms with van der Waals surface area (Å²) in [5.74, 6) is -0.446. The highest BCUT2D eigenvalue weighted by molar-refractivity contribution is 6.10. The van der Waals surface area contributed by atoms with Crippen LogP contribution in [0.4, 0.5) is 5.69 Å². The molecule has 0 saturated heterocycles. The van der Waals surface area contributed by atoms with Gasteiger partial charge >= 0.3 is 5.97 Å². The molecule has 1 aliphatic heterocycles. The molecule has 1 fully saturated rings. The highest BCUT2D eigenvalue weighted by atomic mass is 16.7. The summed E-state index contributed by atoms with van der Waals surface area (Å²) >= 11 is 0. The van der Waals surface area contributed by atoms with Crippen LogP contribution in [-0.4, -0.2) is 36.4 Å². The average Bonchev–Trinajstić information content (AvgIpc) is 3.91.